The maximum absolute atomic E-state index is 14.2. The predicted octanol–water partition coefficient (Wildman–Crippen LogP) is 5.63. The van der Waals surface area contributed by atoms with Crippen LogP contribution in [0, 0.1) is 11.6 Å². The minimum atomic E-state index is -1.41. The molecular weight excluding hydrogens is 588 g/mol. The Hall–Kier alpha value is -4.29. The lowest BCUT2D eigenvalue weighted by Gasteiger charge is -2.30. The molecular formula is C29H26ClF2N5O4S. The highest BCUT2D eigenvalue weighted by Crippen LogP contribution is 2.35. The lowest BCUT2D eigenvalue weighted by Crippen LogP contribution is -2.43. The summed E-state index contributed by atoms with van der Waals surface area (Å²) in [6.07, 6.45) is 5.04. The largest absolute Gasteiger partial charge is 0.467 e. The number of anilines is 2. The zero-order valence-corrected chi connectivity index (χ0v) is 23.7. The zero-order chi connectivity index (χ0) is 29.8. The maximum Gasteiger partial charge on any atom is 0.273 e. The van der Waals surface area contributed by atoms with Gasteiger partial charge in [-0.25, -0.2) is 8.78 Å². The van der Waals surface area contributed by atoms with Gasteiger partial charge >= 0.3 is 0 Å². The summed E-state index contributed by atoms with van der Waals surface area (Å²) >= 11 is 6.78. The molecule has 1 fully saturated rings. The predicted molar refractivity (Wildman–Crippen MR) is 154 cm³/mol. The number of furan rings is 1. The van der Waals surface area contributed by atoms with Crippen LogP contribution in [-0.4, -0.2) is 28.1 Å². The summed E-state index contributed by atoms with van der Waals surface area (Å²) in [6, 6.07) is 10.7. The quantitative estimate of drug-likeness (QED) is 0.224. The van der Waals surface area contributed by atoms with Gasteiger partial charge in [0.05, 0.1) is 17.0 Å². The number of hydrogen-bond donors (Lipinski definition) is 3. The minimum Gasteiger partial charge on any atom is -0.467 e. The fourth-order valence-electron chi connectivity index (χ4n) is 4.78. The number of amides is 3. The number of nitrogen functional groups attached to an aromatic ring is 1. The molecule has 2 aromatic carbocycles. The summed E-state index contributed by atoms with van der Waals surface area (Å²) < 4.78 is 37.2. The monoisotopic (exact) mass is 613 g/mol. The Labute approximate surface area is 248 Å². The molecule has 1 aliphatic rings. The van der Waals surface area contributed by atoms with Crippen LogP contribution in [0.2, 0.25) is 5.02 Å². The number of hydrogen-bond acceptors (Lipinski definition) is 7. The van der Waals surface area contributed by atoms with E-state index >= 15 is 0 Å². The SMILES string of the molecule is Nc1c(C(=O)NC2CCCC2)nsc1C(=O)N(c1ccc(F)c(Cl)c1)[C@@H](C(=O)NCc1ccc(F)cc1)c1ccco1. The van der Waals surface area contributed by atoms with Crippen LogP contribution in [0.3, 0.4) is 0 Å². The first-order chi connectivity index (χ1) is 20.2. The van der Waals surface area contributed by atoms with Gasteiger partial charge in [-0.2, -0.15) is 4.37 Å². The average Bonchev–Trinajstić information content (AvgIpc) is 3.76. The van der Waals surface area contributed by atoms with E-state index in [0.717, 1.165) is 36.6 Å². The van der Waals surface area contributed by atoms with Gasteiger partial charge in [-0.05, 0) is 72.4 Å². The molecule has 0 saturated heterocycles. The third-order valence-corrected chi connectivity index (χ3v) is 8.07. The van der Waals surface area contributed by atoms with Gasteiger partial charge < -0.3 is 20.8 Å². The molecule has 2 heterocycles. The lowest BCUT2D eigenvalue weighted by molar-refractivity contribution is -0.123. The third kappa shape index (κ3) is 6.29. The molecule has 0 aliphatic heterocycles. The number of rotatable bonds is 9. The van der Waals surface area contributed by atoms with Crippen LogP contribution in [0.4, 0.5) is 20.2 Å². The Morgan fingerprint density at radius 1 is 1.12 bits per heavy atom. The van der Waals surface area contributed by atoms with E-state index in [4.69, 9.17) is 21.8 Å². The van der Waals surface area contributed by atoms with Crippen molar-refractivity contribution in [3.63, 3.8) is 0 Å². The van der Waals surface area contributed by atoms with Gasteiger partial charge in [-0.1, -0.05) is 36.6 Å². The first kappa shape index (κ1) is 29.2. The first-order valence-corrected chi connectivity index (χ1v) is 14.3. The normalized spacial score (nSPS) is 14.0. The second-order valence-electron chi connectivity index (χ2n) is 9.76. The van der Waals surface area contributed by atoms with Crippen molar-refractivity contribution in [1.82, 2.24) is 15.0 Å². The summed E-state index contributed by atoms with van der Waals surface area (Å²) in [6.45, 7) is 0.0106. The maximum atomic E-state index is 14.2. The molecule has 42 heavy (non-hydrogen) atoms. The highest BCUT2D eigenvalue weighted by Gasteiger charge is 2.38. The molecule has 4 aromatic rings. The van der Waals surface area contributed by atoms with Crippen LogP contribution in [-0.2, 0) is 11.3 Å². The van der Waals surface area contributed by atoms with E-state index in [9.17, 15) is 23.2 Å². The smallest absolute Gasteiger partial charge is 0.273 e. The van der Waals surface area contributed by atoms with Crippen molar-refractivity contribution in [1.29, 1.82) is 0 Å². The topological polar surface area (TPSA) is 131 Å². The molecule has 0 unspecified atom stereocenters. The summed E-state index contributed by atoms with van der Waals surface area (Å²) in [5, 5.41) is 5.35. The first-order valence-electron chi connectivity index (χ1n) is 13.1. The standard InChI is InChI=1S/C29H26ClF2N5O4S/c30-20-14-19(11-12-21(20)32)37(29(40)26-23(33)24(36-42-26)27(38)35-18-4-1-2-5-18)25(22-6-3-13-41-22)28(39)34-15-16-7-9-17(31)10-8-16/h3,6-14,18,25H,1-2,4-5,15,33H2,(H,34,39)(H,35,38)/t25-/m1/s1. The molecule has 2 aromatic heterocycles. The number of nitrogens with two attached hydrogens (primary N) is 1. The van der Waals surface area contributed by atoms with Gasteiger partial charge in [0.1, 0.15) is 22.3 Å². The Morgan fingerprint density at radius 3 is 2.52 bits per heavy atom. The molecule has 218 valence electrons. The van der Waals surface area contributed by atoms with E-state index < -0.39 is 35.4 Å². The van der Waals surface area contributed by atoms with Crippen molar-refractivity contribution >= 4 is 52.2 Å². The molecule has 1 atom stereocenters. The molecule has 4 N–H and O–H groups in total. The summed E-state index contributed by atoms with van der Waals surface area (Å²) in [5.41, 5.74) is 6.72. The van der Waals surface area contributed by atoms with Crippen LogP contribution in [0.5, 0.6) is 0 Å². The Balaban J connectivity index is 1.51. The van der Waals surface area contributed by atoms with E-state index in [-0.39, 0.29) is 45.3 Å². The second-order valence-corrected chi connectivity index (χ2v) is 10.9. The highest BCUT2D eigenvalue weighted by molar-refractivity contribution is 7.09. The number of benzene rings is 2. The summed E-state index contributed by atoms with van der Waals surface area (Å²) in [7, 11) is 0. The van der Waals surface area contributed by atoms with E-state index in [2.05, 4.69) is 15.0 Å². The van der Waals surface area contributed by atoms with Gasteiger partial charge in [-0.3, -0.25) is 19.3 Å². The molecule has 9 nitrogen and oxygen atoms in total. The van der Waals surface area contributed by atoms with Gasteiger partial charge in [0.2, 0.25) is 0 Å². The van der Waals surface area contributed by atoms with Crippen LogP contribution in [0.15, 0.2) is 65.3 Å². The van der Waals surface area contributed by atoms with Crippen molar-refractivity contribution < 1.29 is 27.6 Å². The van der Waals surface area contributed by atoms with Crippen LogP contribution in [0.1, 0.15) is 63.2 Å². The summed E-state index contributed by atoms with van der Waals surface area (Å²) in [5.74, 6) is -3.02. The number of nitrogens with one attached hydrogen (secondary N) is 2. The molecule has 1 saturated carbocycles. The zero-order valence-electron chi connectivity index (χ0n) is 22.1. The number of halogens is 3. The van der Waals surface area contributed by atoms with Crippen LogP contribution in [0.25, 0.3) is 0 Å². The molecule has 0 radical (unpaired) electrons. The summed E-state index contributed by atoms with van der Waals surface area (Å²) in [4.78, 5) is 41.8. The van der Waals surface area contributed by atoms with Gasteiger partial charge in [0.15, 0.2) is 11.7 Å². The molecule has 3 amide bonds. The molecule has 0 spiro atoms. The van der Waals surface area contributed by atoms with Gasteiger partial charge in [0, 0.05) is 18.3 Å². The molecule has 5 rings (SSSR count). The van der Waals surface area contributed by atoms with Crippen molar-refractivity contribution in [2.75, 3.05) is 10.6 Å². The number of aromatic nitrogens is 1. The minimum absolute atomic E-state index is 0.00347. The van der Waals surface area contributed by atoms with E-state index in [1.165, 1.54) is 48.7 Å². The average molecular weight is 614 g/mol. The van der Waals surface area contributed by atoms with Crippen molar-refractivity contribution in [3.8, 4) is 0 Å². The van der Waals surface area contributed by atoms with E-state index in [0.29, 0.717) is 17.1 Å². The fraction of sp³-hybridized carbons (Fsp3) is 0.241. The Bertz CT molecular complexity index is 1590. The highest BCUT2D eigenvalue weighted by atomic mass is 35.5. The second kappa shape index (κ2) is 12.7. The fourth-order valence-corrected chi connectivity index (χ4v) is 5.69. The number of nitrogens with zero attached hydrogens (tertiary/aromatic N) is 2. The van der Waals surface area contributed by atoms with Crippen molar-refractivity contribution in [2.45, 2.75) is 44.3 Å². The van der Waals surface area contributed by atoms with Crippen molar-refractivity contribution in [3.05, 3.63) is 99.4 Å². The van der Waals surface area contributed by atoms with E-state index in [1.807, 2.05) is 0 Å². The Morgan fingerprint density at radius 2 is 1.86 bits per heavy atom. The lowest BCUT2D eigenvalue weighted by atomic mass is 10.1. The molecule has 13 heteroatoms. The Kier molecular flexibility index (Phi) is 8.83. The van der Waals surface area contributed by atoms with Crippen molar-refractivity contribution in [2.24, 2.45) is 0 Å². The number of carbonyl (C=O) groups is 3. The van der Waals surface area contributed by atoms with Gasteiger partial charge in [-0.15, -0.1) is 0 Å². The number of carbonyl (C=O) groups excluding carboxylic acids is 3. The van der Waals surface area contributed by atoms with Gasteiger partial charge in [0.25, 0.3) is 17.7 Å². The van der Waals surface area contributed by atoms with Crippen LogP contribution >= 0.6 is 23.1 Å². The third-order valence-electron chi connectivity index (χ3n) is 6.93. The van der Waals surface area contributed by atoms with E-state index in [1.54, 1.807) is 6.07 Å². The van der Waals surface area contributed by atoms with Crippen LogP contribution < -0.4 is 21.3 Å². The molecule has 1 aliphatic carbocycles. The molecule has 0 bridgehead atoms.